The van der Waals surface area contributed by atoms with Crippen LogP contribution in [-0.4, -0.2) is 70.9 Å². The van der Waals surface area contributed by atoms with Crippen molar-refractivity contribution in [1.29, 1.82) is 0 Å². The first kappa shape index (κ1) is 33.3. The van der Waals surface area contributed by atoms with Crippen molar-refractivity contribution in [3.63, 3.8) is 0 Å². The average molecular weight is 588 g/mol. The van der Waals surface area contributed by atoms with E-state index in [0.717, 1.165) is 32.1 Å². The number of nitrogens with one attached hydrogen (secondary N) is 3. The number of amides is 5. The summed E-state index contributed by atoms with van der Waals surface area (Å²) in [5.41, 5.74) is 5.08. The highest BCUT2D eigenvalue weighted by molar-refractivity contribution is 6.37. The number of hydrogen-bond donors (Lipinski definition) is 4. The van der Waals surface area contributed by atoms with Gasteiger partial charge in [0.1, 0.15) is 18.1 Å². The molecular formula is C31H49N5O6. The van der Waals surface area contributed by atoms with Gasteiger partial charge in [-0.2, -0.15) is 0 Å². The first-order valence-electron chi connectivity index (χ1n) is 15.2. The van der Waals surface area contributed by atoms with Gasteiger partial charge in [0.25, 0.3) is 5.91 Å². The Morgan fingerprint density at radius 2 is 1.57 bits per heavy atom. The van der Waals surface area contributed by atoms with E-state index in [1.165, 1.54) is 4.90 Å². The lowest BCUT2D eigenvalue weighted by Crippen LogP contribution is -2.61. The second kappa shape index (κ2) is 13.4. The number of carbonyl (C=O) groups is 6. The predicted molar refractivity (Wildman–Crippen MR) is 158 cm³/mol. The SMILES string of the molecule is C=C(C)[C@H](NC(=O)N[C@H](C(=O)N1CC[C@H](C(C)C)[C@H]1C(=O)NC(CC1CCC1)C(=O)C(N)=O)C(C)(C)C)C(=O)C1CC1. The largest absolute Gasteiger partial charge is 0.363 e. The number of urea groups is 1. The molecule has 0 aromatic carbocycles. The van der Waals surface area contributed by atoms with E-state index in [2.05, 4.69) is 22.5 Å². The maximum Gasteiger partial charge on any atom is 0.316 e. The third kappa shape index (κ3) is 7.98. The van der Waals surface area contributed by atoms with Crippen LogP contribution in [0.5, 0.6) is 0 Å². The highest BCUT2D eigenvalue weighted by Gasteiger charge is 2.48. The van der Waals surface area contributed by atoms with Gasteiger partial charge in [0.05, 0.1) is 6.04 Å². The van der Waals surface area contributed by atoms with E-state index in [1.54, 1.807) is 6.92 Å². The third-order valence-electron chi connectivity index (χ3n) is 8.94. The summed E-state index contributed by atoms with van der Waals surface area (Å²) in [5, 5.41) is 8.23. The highest BCUT2D eigenvalue weighted by atomic mass is 16.2. The van der Waals surface area contributed by atoms with Crippen LogP contribution in [0.2, 0.25) is 0 Å². The normalized spacial score (nSPS) is 22.9. The van der Waals surface area contributed by atoms with Gasteiger partial charge in [-0.15, -0.1) is 0 Å². The van der Waals surface area contributed by atoms with Gasteiger partial charge in [-0.3, -0.25) is 24.0 Å². The Balaban J connectivity index is 1.82. The van der Waals surface area contributed by atoms with Crippen LogP contribution in [0.1, 0.15) is 86.5 Å². The Bertz CT molecular complexity index is 1100. The minimum absolute atomic E-state index is 0.0459. The highest BCUT2D eigenvalue weighted by Crippen LogP contribution is 2.35. The van der Waals surface area contributed by atoms with Gasteiger partial charge < -0.3 is 26.6 Å². The van der Waals surface area contributed by atoms with Crippen LogP contribution in [0.15, 0.2) is 12.2 Å². The Morgan fingerprint density at radius 3 is 2.02 bits per heavy atom. The molecule has 1 aliphatic heterocycles. The molecule has 2 saturated carbocycles. The number of primary amides is 1. The lowest BCUT2D eigenvalue weighted by Gasteiger charge is -2.37. The molecule has 0 spiro atoms. The molecule has 234 valence electrons. The van der Waals surface area contributed by atoms with E-state index >= 15 is 0 Å². The minimum Gasteiger partial charge on any atom is -0.363 e. The summed E-state index contributed by atoms with van der Waals surface area (Å²) in [6.07, 6.45) is 5.34. The van der Waals surface area contributed by atoms with Crippen molar-refractivity contribution in [3.8, 4) is 0 Å². The fourth-order valence-corrected chi connectivity index (χ4v) is 5.98. The molecule has 11 heteroatoms. The molecule has 3 rings (SSSR count). The van der Waals surface area contributed by atoms with Crippen molar-refractivity contribution in [2.24, 2.45) is 34.8 Å². The minimum atomic E-state index is -1.10. The average Bonchev–Trinajstić information content (AvgIpc) is 3.62. The number of Topliss-reactive ketones (excluding diaryl/α,β-unsaturated/α-hetero) is 2. The number of rotatable bonds is 13. The molecule has 5 N–H and O–H groups in total. The molecule has 11 nitrogen and oxygen atoms in total. The zero-order chi connectivity index (χ0) is 31.5. The molecule has 3 aliphatic rings. The van der Waals surface area contributed by atoms with Gasteiger partial charge in [0, 0.05) is 12.5 Å². The molecule has 42 heavy (non-hydrogen) atoms. The molecular weight excluding hydrogens is 538 g/mol. The van der Waals surface area contributed by atoms with E-state index in [0.29, 0.717) is 25.0 Å². The van der Waals surface area contributed by atoms with E-state index in [9.17, 15) is 28.8 Å². The maximum absolute atomic E-state index is 14.1. The molecule has 0 aromatic heterocycles. The van der Waals surface area contributed by atoms with Gasteiger partial charge >= 0.3 is 6.03 Å². The number of hydrogen-bond acceptors (Lipinski definition) is 6. The van der Waals surface area contributed by atoms with Crippen molar-refractivity contribution in [3.05, 3.63) is 12.2 Å². The van der Waals surface area contributed by atoms with Gasteiger partial charge in [-0.1, -0.05) is 66.0 Å². The monoisotopic (exact) mass is 587 g/mol. The van der Waals surface area contributed by atoms with Crippen LogP contribution in [0, 0.1) is 29.1 Å². The summed E-state index contributed by atoms with van der Waals surface area (Å²) >= 11 is 0. The molecule has 0 radical (unpaired) electrons. The van der Waals surface area contributed by atoms with E-state index in [4.69, 9.17) is 5.73 Å². The lowest BCUT2D eigenvalue weighted by atomic mass is 9.80. The lowest BCUT2D eigenvalue weighted by molar-refractivity contribution is -0.144. The smallest absolute Gasteiger partial charge is 0.316 e. The van der Waals surface area contributed by atoms with Crippen molar-refractivity contribution in [1.82, 2.24) is 20.9 Å². The summed E-state index contributed by atoms with van der Waals surface area (Å²) in [4.78, 5) is 79.7. The Kier molecular flexibility index (Phi) is 10.6. The van der Waals surface area contributed by atoms with Crippen LogP contribution in [-0.2, 0) is 24.0 Å². The summed E-state index contributed by atoms with van der Waals surface area (Å²) in [6.45, 7) is 15.2. The fourth-order valence-electron chi connectivity index (χ4n) is 5.98. The zero-order valence-corrected chi connectivity index (χ0v) is 26.0. The van der Waals surface area contributed by atoms with Gasteiger partial charge in [0.2, 0.25) is 17.6 Å². The van der Waals surface area contributed by atoms with E-state index in [-0.39, 0.29) is 29.5 Å². The Morgan fingerprint density at radius 1 is 0.952 bits per heavy atom. The number of carbonyl (C=O) groups excluding carboxylic acids is 6. The topological polar surface area (TPSA) is 168 Å². The zero-order valence-electron chi connectivity index (χ0n) is 26.0. The summed E-state index contributed by atoms with van der Waals surface area (Å²) in [6, 6.07) is -4.47. The number of nitrogens with two attached hydrogens (primary N) is 1. The maximum atomic E-state index is 14.1. The molecule has 0 bridgehead atoms. The molecule has 2 aliphatic carbocycles. The molecule has 5 atom stereocenters. The Labute approximate surface area is 249 Å². The molecule has 3 fully saturated rings. The van der Waals surface area contributed by atoms with E-state index in [1.807, 2.05) is 34.6 Å². The molecule has 5 amide bonds. The summed E-state index contributed by atoms with van der Waals surface area (Å²) in [7, 11) is 0. The van der Waals surface area contributed by atoms with E-state index < -0.39 is 59.1 Å². The first-order chi connectivity index (χ1) is 19.5. The number of ketones is 2. The van der Waals surface area contributed by atoms with Gasteiger partial charge in [-0.05, 0) is 55.8 Å². The first-order valence-corrected chi connectivity index (χ1v) is 15.2. The number of likely N-dealkylation sites (tertiary alicyclic amines) is 1. The summed E-state index contributed by atoms with van der Waals surface area (Å²) < 4.78 is 0. The predicted octanol–water partition coefficient (Wildman–Crippen LogP) is 2.23. The van der Waals surface area contributed by atoms with Crippen LogP contribution in [0.25, 0.3) is 0 Å². The van der Waals surface area contributed by atoms with Gasteiger partial charge in [0.15, 0.2) is 5.78 Å². The molecule has 1 saturated heterocycles. The van der Waals surface area contributed by atoms with Gasteiger partial charge in [-0.25, -0.2) is 4.79 Å². The molecule has 1 heterocycles. The van der Waals surface area contributed by atoms with Crippen molar-refractivity contribution >= 4 is 35.3 Å². The molecule has 1 unspecified atom stereocenters. The summed E-state index contributed by atoms with van der Waals surface area (Å²) in [5.74, 6) is -2.98. The van der Waals surface area contributed by atoms with Crippen LogP contribution < -0.4 is 21.7 Å². The Hall–Kier alpha value is -3.24. The quantitative estimate of drug-likeness (QED) is 0.190. The number of nitrogens with zero attached hydrogens (tertiary/aromatic N) is 1. The fraction of sp³-hybridized carbons (Fsp3) is 0.742. The second-order valence-corrected chi connectivity index (χ2v) is 13.9. The second-order valence-electron chi connectivity index (χ2n) is 13.9. The van der Waals surface area contributed by atoms with Crippen LogP contribution in [0.3, 0.4) is 0 Å². The standard InChI is InChI=1S/C31H49N5O6/c1-16(2)20-13-14-36(23(20)28(40)33-21(25(38)27(32)39)15-18-9-8-10-18)29(41)26(31(5,6)7)35-30(42)34-22(17(3)4)24(37)19-11-12-19/h16,18-23,26H,3,8-15H2,1-2,4-7H3,(H2,32,39)(H,33,40)(H2,34,35,42)/t20-,21?,22+,23+,26-/m1/s1. The van der Waals surface area contributed by atoms with Crippen LogP contribution >= 0.6 is 0 Å². The molecule has 0 aromatic rings. The third-order valence-corrected chi connectivity index (χ3v) is 8.94. The van der Waals surface area contributed by atoms with Crippen molar-refractivity contribution in [2.75, 3.05) is 6.54 Å². The van der Waals surface area contributed by atoms with Crippen LogP contribution in [0.4, 0.5) is 4.79 Å². The van der Waals surface area contributed by atoms with Crippen molar-refractivity contribution < 1.29 is 28.8 Å². The van der Waals surface area contributed by atoms with Crippen molar-refractivity contribution in [2.45, 2.75) is 111 Å².